The first-order valence-electron chi connectivity index (χ1n) is 7.64. The van der Waals surface area contributed by atoms with Gasteiger partial charge in [-0.05, 0) is 37.6 Å². The smallest absolute Gasteiger partial charge is 0.158 e. The summed E-state index contributed by atoms with van der Waals surface area (Å²) < 4.78 is 5.96. The quantitative estimate of drug-likeness (QED) is 0.798. The van der Waals surface area contributed by atoms with Crippen molar-refractivity contribution in [2.75, 3.05) is 13.1 Å². The van der Waals surface area contributed by atoms with E-state index in [1.807, 2.05) is 12.1 Å². The highest BCUT2D eigenvalue weighted by Gasteiger charge is 2.26. The van der Waals surface area contributed by atoms with Gasteiger partial charge in [0.1, 0.15) is 10.8 Å². The Labute approximate surface area is 129 Å². The van der Waals surface area contributed by atoms with Crippen molar-refractivity contribution in [3.8, 4) is 5.75 Å². The maximum atomic E-state index is 5.96. The van der Waals surface area contributed by atoms with Crippen LogP contribution in [0.3, 0.4) is 0 Å². The number of hydrogen-bond donors (Lipinski definition) is 1. The topological polar surface area (TPSA) is 47.0 Å². The number of aromatic nitrogens is 2. The molecule has 0 saturated heterocycles. The summed E-state index contributed by atoms with van der Waals surface area (Å²) in [7, 11) is 0. The van der Waals surface area contributed by atoms with E-state index in [0.717, 1.165) is 48.1 Å². The Morgan fingerprint density at radius 1 is 1.29 bits per heavy atom. The standard InChI is InChI=1S/C16H21N3OS/c1-2-9-17-10-5-8-15-18-19-16(21-15)14-11-12-6-3-4-7-13(12)20-14/h3-4,6-7,14,17H,2,5,8-11H2,1H3. The van der Waals surface area contributed by atoms with E-state index in [-0.39, 0.29) is 6.10 Å². The average Bonchev–Trinajstić information content (AvgIpc) is 3.13. The molecule has 2 heterocycles. The van der Waals surface area contributed by atoms with Gasteiger partial charge < -0.3 is 10.1 Å². The Hall–Kier alpha value is -1.46. The van der Waals surface area contributed by atoms with Crippen LogP contribution >= 0.6 is 11.3 Å². The van der Waals surface area contributed by atoms with E-state index in [2.05, 4.69) is 34.6 Å². The first-order valence-corrected chi connectivity index (χ1v) is 8.46. The lowest BCUT2D eigenvalue weighted by molar-refractivity contribution is 0.237. The first kappa shape index (κ1) is 14.5. The molecule has 1 unspecified atom stereocenters. The van der Waals surface area contributed by atoms with E-state index in [9.17, 15) is 0 Å². The third-order valence-corrected chi connectivity index (χ3v) is 4.65. The van der Waals surface area contributed by atoms with Crippen molar-refractivity contribution < 1.29 is 4.74 Å². The van der Waals surface area contributed by atoms with Gasteiger partial charge in [0.2, 0.25) is 0 Å². The molecule has 21 heavy (non-hydrogen) atoms. The summed E-state index contributed by atoms with van der Waals surface area (Å²) >= 11 is 1.69. The molecular weight excluding hydrogens is 282 g/mol. The third-order valence-electron chi connectivity index (χ3n) is 3.58. The molecule has 0 fully saturated rings. The number of nitrogens with zero attached hydrogens (tertiary/aromatic N) is 2. The van der Waals surface area contributed by atoms with Crippen molar-refractivity contribution >= 4 is 11.3 Å². The molecule has 1 aliphatic heterocycles. The molecule has 4 nitrogen and oxygen atoms in total. The predicted molar refractivity (Wildman–Crippen MR) is 84.9 cm³/mol. The molecule has 1 aromatic heterocycles. The van der Waals surface area contributed by atoms with E-state index < -0.39 is 0 Å². The molecule has 1 aromatic carbocycles. The summed E-state index contributed by atoms with van der Waals surface area (Å²) in [5, 5.41) is 14.1. The van der Waals surface area contributed by atoms with Gasteiger partial charge in [0.25, 0.3) is 0 Å². The lowest BCUT2D eigenvalue weighted by atomic mass is 10.1. The van der Waals surface area contributed by atoms with Gasteiger partial charge in [0, 0.05) is 12.8 Å². The Morgan fingerprint density at radius 3 is 3.05 bits per heavy atom. The van der Waals surface area contributed by atoms with Crippen LogP contribution in [0.1, 0.15) is 41.4 Å². The van der Waals surface area contributed by atoms with Gasteiger partial charge in [0.15, 0.2) is 11.1 Å². The fraction of sp³-hybridized carbons (Fsp3) is 0.500. The van der Waals surface area contributed by atoms with Gasteiger partial charge in [-0.15, -0.1) is 10.2 Å². The molecule has 5 heteroatoms. The lowest BCUT2D eigenvalue weighted by Crippen LogP contribution is -2.16. The second-order valence-electron chi connectivity index (χ2n) is 5.31. The van der Waals surface area contributed by atoms with Gasteiger partial charge in [-0.25, -0.2) is 0 Å². The molecule has 0 radical (unpaired) electrons. The van der Waals surface area contributed by atoms with E-state index in [1.54, 1.807) is 11.3 Å². The fourth-order valence-electron chi connectivity index (χ4n) is 2.48. The summed E-state index contributed by atoms with van der Waals surface area (Å²) in [4.78, 5) is 0. The number of benzene rings is 1. The number of hydrogen-bond acceptors (Lipinski definition) is 5. The van der Waals surface area contributed by atoms with E-state index >= 15 is 0 Å². The number of rotatable bonds is 7. The summed E-state index contributed by atoms with van der Waals surface area (Å²) in [5.74, 6) is 0.989. The summed E-state index contributed by atoms with van der Waals surface area (Å²) in [6.45, 7) is 4.33. The summed E-state index contributed by atoms with van der Waals surface area (Å²) in [5.41, 5.74) is 1.27. The molecule has 1 atom stereocenters. The van der Waals surface area contributed by atoms with Crippen LogP contribution in [0, 0.1) is 0 Å². The van der Waals surface area contributed by atoms with Crippen molar-refractivity contribution in [2.45, 2.75) is 38.7 Å². The average molecular weight is 303 g/mol. The van der Waals surface area contributed by atoms with Gasteiger partial charge >= 0.3 is 0 Å². The second-order valence-corrected chi connectivity index (χ2v) is 6.40. The van der Waals surface area contributed by atoms with Crippen LogP contribution in [-0.2, 0) is 12.8 Å². The molecular formula is C16H21N3OS. The lowest BCUT2D eigenvalue weighted by Gasteiger charge is -2.05. The second kappa shape index (κ2) is 7.00. The zero-order chi connectivity index (χ0) is 14.5. The Kier molecular flexibility index (Phi) is 4.83. The highest BCUT2D eigenvalue weighted by Crippen LogP contribution is 2.37. The number of ether oxygens (including phenoxy) is 1. The maximum absolute atomic E-state index is 5.96. The Balaban J connectivity index is 1.52. The fourth-order valence-corrected chi connectivity index (χ4v) is 3.40. The highest BCUT2D eigenvalue weighted by molar-refractivity contribution is 7.11. The molecule has 2 aromatic rings. The van der Waals surface area contributed by atoms with Crippen LogP contribution in [0.4, 0.5) is 0 Å². The Bertz CT molecular complexity index is 559. The minimum atomic E-state index is 0.0480. The van der Waals surface area contributed by atoms with Crippen LogP contribution < -0.4 is 10.1 Å². The van der Waals surface area contributed by atoms with Crippen molar-refractivity contribution in [2.24, 2.45) is 0 Å². The number of para-hydroxylation sites is 1. The molecule has 0 amide bonds. The molecule has 1 N–H and O–H groups in total. The monoisotopic (exact) mass is 303 g/mol. The van der Waals surface area contributed by atoms with Crippen molar-refractivity contribution in [1.29, 1.82) is 0 Å². The van der Waals surface area contributed by atoms with Crippen LogP contribution in [0.15, 0.2) is 24.3 Å². The largest absolute Gasteiger partial charge is 0.483 e. The van der Waals surface area contributed by atoms with E-state index in [1.165, 1.54) is 12.0 Å². The number of aryl methyl sites for hydroxylation is 1. The molecule has 0 saturated carbocycles. The summed E-state index contributed by atoms with van der Waals surface area (Å²) in [6, 6.07) is 8.21. The molecule has 3 rings (SSSR count). The molecule has 0 aliphatic carbocycles. The highest BCUT2D eigenvalue weighted by atomic mass is 32.1. The Morgan fingerprint density at radius 2 is 2.19 bits per heavy atom. The summed E-state index contributed by atoms with van der Waals surface area (Å²) in [6.07, 6.45) is 4.24. The first-order chi connectivity index (χ1) is 10.4. The predicted octanol–water partition coefficient (Wildman–Crippen LogP) is 3.15. The van der Waals surface area contributed by atoms with E-state index in [0.29, 0.717) is 0 Å². The SMILES string of the molecule is CCCNCCCc1nnc(C2Cc3ccccc3O2)s1. The van der Waals surface area contributed by atoms with Gasteiger partial charge in [0.05, 0.1) is 0 Å². The van der Waals surface area contributed by atoms with E-state index in [4.69, 9.17) is 4.74 Å². The zero-order valence-corrected chi connectivity index (χ0v) is 13.2. The molecule has 112 valence electrons. The van der Waals surface area contributed by atoms with Crippen molar-refractivity contribution in [3.63, 3.8) is 0 Å². The minimum Gasteiger partial charge on any atom is -0.483 e. The van der Waals surface area contributed by atoms with Crippen LogP contribution in [0.5, 0.6) is 5.75 Å². The minimum absolute atomic E-state index is 0.0480. The number of fused-ring (bicyclic) bond motifs is 1. The molecule has 1 aliphatic rings. The van der Waals surface area contributed by atoms with Crippen LogP contribution in [0.25, 0.3) is 0 Å². The van der Waals surface area contributed by atoms with Crippen LogP contribution in [0.2, 0.25) is 0 Å². The van der Waals surface area contributed by atoms with Gasteiger partial charge in [-0.1, -0.05) is 36.5 Å². The molecule has 0 spiro atoms. The maximum Gasteiger partial charge on any atom is 0.158 e. The normalized spacial score (nSPS) is 16.7. The number of nitrogens with one attached hydrogen (secondary N) is 1. The third kappa shape index (κ3) is 3.60. The zero-order valence-electron chi connectivity index (χ0n) is 12.3. The van der Waals surface area contributed by atoms with Crippen molar-refractivity contribution in [1.82, 2.24) is 15.5 Å². The van der Waals surface area contributed by atoms with Gasteiger partial charge in [-0.2, -0.15) is 0 Å². The van der Waals surface area contributed by atoms with Crippen LogP contribution in [-0.4, -0.2) is 23.3 Å². The molecule has 0 bridgehead atoms. The van der Waals surface area contributed by atoms with Gasteiger partial charge in [-0.3, -0.25) is 0 Å². The van der Waals surface area contributed by atoms with Crippen molar-refractivity contribution in [3.05, 3.63) is 39.8 Å².